The number of nitrogens with one attached hydrogen (secondary N) is 1. The van der Waals surface area contributed by atoms with Crippen molar-refractivity contribution in [1.82, 2.24) is 19.5 Å². The quantitative estimate of drug-likeness (QED) is 0.391. The highest BCUT2D eigenvalue weighted by Crippen LogP contribution is 2.32. The Bertz CT molecular complexity index is 1470. The van der Waals surface area contributed by atoms with Crippen LogP contribution in [0.3, 0.4) is 0 Å². The molecule has 0 bridgehead atoms. The number of anilines is 1. The third-order valence-corrected chi connectivity index (χ3v) is 5.31. The van der Waals surface area contributed by atoms with E-state index >= 15 is 0 Å². The van der Waals surface area contributed by atoms with Crippen LogP contribution in [0.1, 0.15) is 21.7 Å². The molecule has 0 fully saturated rings. The number of nitrogens with zero attached hydrogens (tertiary/aromatic N) is 4. The lowest BCUT2D eigenvalue weighted by Gasteiger charge is -2.14. The minimum atomic E-state index is -4.66. The molecule has 8 nitrogen and oxygen atoms in total. The molecule has 0 aliphatic rings. The monoisotopic (exact) mass is 509 g/mol. The maximum absolute atomic E-state index is 13.3. The first kappa shape index (κ1) is 23.5. The Morgan fingerprint density at radius 1 is 1.15 bits per heavy atom. The number of hydrogen-bond donors (Lipinski definition) is 2. The molecule has 0 saturated heterocycles. The van der Waals surface area contributed by atoms with Crippen molar-refractivity contribution in [1.29, 1.82) is 0 Å². The Balaban J connectivity index is 1.75. The van der Waals surface area contributed by atoms with Gasteiger partial charge in [0.05, 0.1) is 45.7 Å². The molecule has 0 radical (unpaired) electrons. The van der Waals surface area contributed by atoms with Gasteiger partial charge in [-0.2, -0.15) is 13.2 Å². The van der Waals surface area contributed by atoms with Crippen LogP contribution in [0.15, 0.2) is 53.7 Å². The van der Waals surface area contributed by atoms with Gasteiger partial charge in [0.15, 0.2) is 10.9 Å². The van der Waals surface area contributed by atoms with Gasteiger partial charge in [-0.15, -0.1) is 0 Å². The van der Waals surface area contributed by atoms with Crippen molar-refractivity contribution in [2.45, 2.75) is 12.7 Å². The summed E-state index contributed by atoms with van der Waals surface area (Å²) in [6.45, 7) is -0.496. The number of carbonyl (C=O) groups is 1. The number of pyridine rings is 2. The predicted molar refractivity (Wildman–Crippen MR) is 118 cm³/mol. The predicted octanol–water partition coefficient (Wildman–Crippen LogP) is 4.52. The summed E-state index contributed by atoms with van der Waals surface area (Å²) < 4.78 is 40.9. The van der Waals surface area contributed by atoms with E-state index in [1.807, 2.05) is 0 Å². The van der Waals surface area contributed by atoms with E-state index in [-0.39, 0.29) is 33.0 Å². The second-order valence-electron chi connectivity index (χ2n) is 6.96. The van der Waals surface area contributed by atoms with Crippen molar-refractivity contribution in [3.8, 4) is 5.75 Å². The molecule has 174 valence electrons. The number of fused-ring (bicyclic) bond motifs is 1. The Labute approximate surface area is 198 Å². The number of alkyl halides is 3. The van der Waals surface area contributed by atoms with E-state index in [2.05, 4.69) is 20.3 Å². The molecular weight excluding hydrogens is 498 g/mol. The van der Waals surface area contributed by atoms with Gasteiger partial charge in [0.25, 0.3) is 11.5 Å². The summed E-state index contributed by atoms with van der Waals surface area (Å²) in [5, 5.41) is 11.5. The largest absolute Gasteiger partial charge is 0.504 e. The van der Waals surface area contributed by atoms with Crippen LogP contribution in [0.2, 0.25) is 10.2 Å². The number of rotatable bonds is 4. The third-order valence-electron chi connectivity index (χ3n) is 4.75. The summed E-state index contributed by atoms with van der Waals surface area (Å²) in [5.41, 5.74) is -2.04. The Kier molecular flexibility index (Phi) is 6.15. The minimum Gasteiger partial charge on any atom is -0.504 e. The smallest absolute Gasteiger partial charge is 0.418 e. The lowest BCUT2D eigenvalue weighted by Crippen LogP contribution is -2.25. The molecule has 0 unspecified atom stereocenters. The topological polar surface area (TPSA) is 110 Å². The number of halogens is 5. The van der Waals surface area contributed by atoms with Crippen molar-refractivity contribution in [2.24, 2.45) is 0 Å². The normalized spacial score (nSPS) is 11.6. The summed E-state index contributed by atoms with van der Waals surface area (Å²) in [4.78, 5) is 37.5. The van der Waals surface area contributed by atoms with Gasteiger partial charge < -0.3 is 10.4 Å². The lowest BCUT2D eigenvalue weighted by molar-refractivity contribution is -0.138. The van der Waals surface area contributed by atoms with E-state index in [9.17, 15) is 27.9 Å². The molecule has 0 aliphatic heterocycles. The van der Waals surface area contributed by atoms with Crippen LogP contribution in [0.5, 0.6) is 5.75 Å². The summed E-state index contributed by atoms with van der Waals surface area (Å²) >= 11 is 11.6. The molecular formula is C21H12Cl2F3N5O3. The van der Waals surface area contributed by atoms with E-state index in [1.54, 1.807) is 0 Å². The maximum atomic E-state index is 13.3. The molecule has 13 heteroatoms. The van der Waals surface area contributed by atoms with Gasteiger partial charge in [-0.25, -0.2) is 9.97 Å². The third kappa shape index (κ3) is 4.52. The minimum absolute atomic E-state index is 0.0357. The average molecular weight is 510 g/mol. The molecule has 1 amide bonds. The van der Waals surface area contributed by atoms with Gasteiger partial charge in [-0.3, -0.25) is 19.1 Å². The van der Waals surface area contributed by atoms with Crippen LogP contribution < -0.4 is 10.9 Å². The number of carbonyl (C=O) groups excluding carboxylic acids is 1. The molecule has 0 saturated carbocycles. The zero-order chi connectivity index (χ0) is 24.6. The molecule has 4 aromatic rings. The molecule has 3 aromatic heterocycles. The zero-order valence-electron chi connectivity index (χ0n) is 16.8. The Morgan fingerprint density at radius 2 is 1.91 bits per heavy atom. The Morgan fingerprint density at radius 3 is 2.62 bits per heavy atom. The van der Waals surface area contributed by atoms with E-state index in [0.717, 1.165) is 29.1 Å². The van der Waals surface area contributed by atoms with E-state index in [1.165, 1.54) is 24.4 Å². The fraction of sp³-hybridized carbons (Fsp3) is 0.0952. The summed E-state index contributed by atoms with van der Waals surface area (Å²) in [6.07, 6.45) is -2.36. The van der Waals surface area contributed by atoms with Gasteiger partial charge >= 0.3 is 6.18 Å². The molecule has 0 atom stereocenters. The summed E-state index contributed by atoms with van der Waals surface area (Å²) in [5.74, 6) is -1.29. The highest BCUT2D eigenvalue weighted by atomic mass is 35.5. The van der Waals surface area contributed by atoms with Crippen molar-refractivity contribution in [3.63, 3.8) is 0 Å². The molecule has 0 spiro atoms. The van der Waals surface area contributed by atoms with Crippen LogP contribution in [-0.2, 0) is 12.7 Å². The van der Waals surface area contributed by atoms with E-state index in [0.29, 0.717) is 0 Å². The number of aromatic hydroxyl groups is 1. The van der Waals surface area contributed by atoms with Gasteiger partial charge in [0, 0.05) is 6.20 Å². The molecule has 0 aliphatic carbocycles. The van der Waals surface area contributed by atoms with Gasteiger partial charge in [-0.1, -0.05) is 29.3 Å². The van der Waals surface area contributed by atoms with Crippen LogP contribution in [0, 0.1) is 0 Å². The molecule has 4 rings (SSSR count). The summed E-state index contributed by atoms with van der Waals surface area (Å²) in [6, 6.07) is 7.55. The highest BCUT2D eigenvalue weighted by molar-refractivity contribution is 6.36. The molecule has 3 heterocycles. The second kappa shape index (κ2) is 8.92. The fourth-order valence-electron chi connectivity index (χ4n) is 3.18. The van der Waals surface area contributed by atoms with Crippen LogP contribution in [-0.4, -0.2) is 30.5 Å². The van der Waals surface area contributed by atoms with E-state index < -0.39 is 40.7 Å². The first-order valence-electron chi connectivity index (χ1n) is 9.42. The van der Waals surface area contributed by atoms with Crippen LogP contribution in [0.25, 0.3) is 10.9 Å². The number of benzene rings is 1. The first-order valence-corrected chi connectivity index (χ1v) is 10.2. The first-order chi connectivity index (χ1) is 16.1. The van der Waals surface area contributed by atoms with E-state index in [4.69, 9.17) is 23.2 Å². The zero-order valence-corrected chi connectivity index (χ0v) is 18.3. The number of aromatic nitrogens is 4. The van der Waals surface area contributed by atoms with Crippen molar-refractivity contribution in [3.05, 3.63) is 86.4 Å². The SMILES string of the molecule is O=C(Nc1cccc2ncn(Cc3ncccc3C(F)(F)F)c(=O)c12)c1cc(Cl)c(O)c(Cl)n1. The molecule has 1 aromatic carbocycles. The lowest BCUT2D eigenvalue weighted by atomic mass is 10.1. The average Bonchev–Trinajstić information content (AvgIpc) is 2.78. The summed E-state index contributed by atoms with van der Waals surface area (Å²) in [7, 11) is 0. The van der Waals surface area contributed by atoms with Crippen LogP contribution in [0.4, 0.5) is 18.9 Å². The van der Waals surface area contributed by atoms with Crippen molar-refractivity contribution >= 4 is 45.7 Å². The fourth-order valence-corrected chi connectivity index (χ4v) is 3.62. The van der Waals surface area contributed by atoms with Crippen molar-refractivity contribution < 1.29 is 23.1 Å². The van der Waals surface area contributed by atoms with Crippen molar-refractivity contribution in [2.75, 3.05) is 5.32 Å². The number of amides is 1. The highest BCUT2D eigenvalue weighted by Gasteiger charge is 2.34. The Hall–Kier alpha value is -3.70. The van der Waals surface area contributed by atoms with Crippen LogP contribution >= 0.6 is 23.2 Å². The van der Waals surface area contributed by atoms with Gasteiger partial charge in [0.2, 0.25) is 0 Å². The number of hydrogen-bond acceptors (Lipinski definition) is 6. The molecule has 2 N–H and O–H groups in total. The standard InChI is InChI=1S/C21H12Cl2F3N5O3/c22-11-7-14(29-18(23)17(11)32)19(33)30-13-5-1-4-12-16(13)20(34)31(9-28-12)8-15-10(21(24,25)26)3-2-6-27-15/h1-7,9,32H,8H2,(H,30,33). The molecule has 34 heavy (non-hydrogen) atoms. The maximum Gasteiger partial charge on any atom is 0.418 e. The second-order valence-corrected chi connectivity index (χ2v) is 7.72. The van der Waals surface area contributed by atoms with Gasteiger partial charge in [-0.05, 0) is 30.3 Å². The van der Waals surface area contributed by atoms with Gasteiger partial charge in [0.1, 0.15) is 5.69 Å².